The van der Waals surface area contributed by atoms with Gasteiger partial charge in [0, 0.05) is 83.4 Å². The molecule has 276 valence electrons. The lowest BCUT2D eigenvalue weighted by molar-refractivity contribution is -0.129. The van der Waals surface area contributed by atoms with Crippen LogP contribution in [0.5, 0.6) is 11.5 Å². The molecule has 2 fully saturated rings. The second-order valence-electron chi connectivity index (χ2n) is 15.0. The smallest absolute Gasteiger partial charge is 0.264 e. The maximum Gasteiger partial charge on any atom is 0.264 e. The van der Waals surface area contributed by atoms with E-state index < -0.39 is 0 Å². The fraction of sp³-hybridized carbons (Fsp3) is 0.500. The third kappa shape index (κ3) is 7.54. The summed E-state index contributed by atoms with van der Waals surface area (Å²) < 4.78 is 19.0. The highest BCUT2D eigenvalue weighted by Gasteiger charge is 2.33. The van der Waals surface area contributed by atoms with Crippen LogP contribution in [0, 0.1) is 30.6 Å². The van der Waals surface area contributed by atoms with Crippen molar-refractivity contribution < 1.29 is 19.0 Å². The Morgan fingerprint density at radius 2 is 1.63 bits per heavy atom. The molecule has 0 bridgehead atoms. The van der Waals surface area contributed by atoms with Gasteiger partial charge in [0.25, 0.3) is 11.5 Å². The first-order chi connectivity index (χ1) is 25.0. The Morgan fingerprint density at radius 3 is 2.25 bits per heavy atom. The zero-order valence-electron chi connectivity index (χ0n) is 31.9. The normalized spacial score (nSPS) is 19.5. The van der Waals surface area contributed by atoms with E-state index in [-0.39, 0.29) is 28.5 Å². The number of benzene rings is 2. The molecule has 0 radical (unpaired) electrons. The first-order valence-electron chi connectivity index (χ1n) is 18.5. The molecule has 3 aliphatic rings. The van der Waals surface area contributed by atoms with E-state index in [9.17, 15) is 14.9 Å². The predicted molar refractivity (Wildman–Crippen MR) is 202 cm³/mol. The van der Waals surface area contributed by atoms with Gasteiger partial charge < -0.3 is 23.7 Å². The molecule has 0 saturated carbocycles. The number of aromatic nitrogens is 1. The summed E-state index contributed by atoms with van der Waals surface area (Å²) in [5.41, 5.74) is 8.53. The van der Waals surface area contributed by atoms with Crippen LogP contribution in [-0.2, 0) is 36.1 Å². The Kier molecular flexibility index (Phi) is 11.2. The number of pyridine rings is 1. The lowest BCUT2D eigenvalue weighted by Crippen LogP contribution is -2.45. The zero-order valence-corrected chi connectivity index (χ0v) is 31.9. The molecule has 4 heterocycles. The molecule has 0 N–H and O–H groups in total. The second-order valence-corrected chi connectivity index (χ2v) is 15.0. The van der Waals surface area contributed by atoms with Gasteiger partial charge in [0.1, 0.15) is 23.1 Å². The van der Waals surface area contributed by atoms with E-state index in [4.69, 9.17) is 14.2 Å². The summed E-state index contributed by atoms with van der Waals surface area (Å²) in [6, 6.07) is 12.7. The van der Waals surface area contributed by atoms with Gasteiger partial charge >= 0.3 is 0 Å². The molecule has 2 saturated heterocycles. The lowest BCUT2D eigenvalue weighted by Gasteiger charge is -2.38. The maximum atomic E-state index is 13.7. The lowest BCUT2D eigenvalue weighted by atomic mass is 9.80. The Morgan fingerprint density at radius 1 is 1.00 bits per heavy atom. The molecule has 0 aliphatic carbocycles. The average molecular weight is 708 g/mol. The van der Waals surface area contributed by atoms with E-state index >= 15 is 0 Å². The number of ether oxygens (including phenoxy) is 3. The number of hydrogen-bond acceptors (Lipinski definition) is 8. The van der Waals surface area contributed by atoms with Crippen LogP contribution in [0.3, 0.4) is 0 Å². The number of nitrogens with zero attached hydrogens (tertiary/aromatic N) is 5. The first-order valence-corrected chi connectivity index (χ1v) is 18.5. The van der Waals surface area contributed by atoms with Gasteiger partial charge in [-0.3, -0.25) is 19.4 Å². The van der Waals surface area contributed by atoms with Gasteiger partial charge in [-0.15, -0.1) is 0 Å². The van der Waals surface area contributed by atoms with Crippen molar-refractivity contribution in [1.82, 2.24) is 19.3 Å². The summed E-state index contributed by atoms with van der Waals surface area (Å²) in [7, 11) is 5.18. The van der Waals surface area contributed by atoms with E-state index in [0.717, 1.165) is 91.3 Å². The van der Waals surface area contributed by atoms with Crippen LogP contribution in [0.1, 0.15) is 66.1 Å². The number of piperazine rings is 1. The minimum atomic E-state index is -0.195. The Balaban J connectivity index is 1.12. The summed E-state index contributed by atoms with van der Waals surface area (Å²) in [5, 5.41) is 9.99. The van der Waals surface area contributed by atoms with Crippen LogP contribution in [0.2, 0.25) is 0 Å². The minimum Gasteiger partial charge on any atom is -0.496 e. The molecule has 1 unspecified atom stereocenters. The topological polar surface area (TPSA) is 100 Å². The third-order valence-corrected chi connectivity index (χ3v) is 11.7. The average Bonchev–Trinajstić information content (AvgIpc) is 3.15. The molecule has 1 amide bonds. The molecule has 1 atom stereocenters. The summed E-state index contributed by atoms with van der Waals surface area (Å²) >= 11 is 0. The van der Waals surface area contributed by atoms with Gasteiger partial charge in [-0.2, -0.15) is 5.26 Å². The van der Waals surface area contributed by atoms with Crippen molar-refractivity contribution in [2.45, 2.75) is 66.1 Å². The largest absolute Gasteiger partial charge is 0.496 e. The summed E-state index contributed by atoms with van der Waals surface area (Å²) in [6.07, 6.45) is 6.19. The number of methoxy groups -OCH3 is 2. The number of carbonyl (C=O) groups is 1. The van der Waals surface area contributed by atoms with Gasteiger partial charge in [0.2, 0.25) is 0 Å². The van der Waals surface area contributed by atoms with Crippen molar-refractivity contribution >= 4 is 5.91 Å². The molecular formula is C42H53N5O5. The van der Waals surface area contributed by atoms with Crippen LogP contribution in [0.4, 0.5) is 0 Å². The number of hydrogen-bond donors (Lipinski definition) is 0. The molecule has 3 aliphatic heterocycles. The summed E-state index contributed by atoms with van der Waals surface area (Å²) in [5.74, 6) is 1.38. The van der Waals surface area contributed by atoms with Crippen molar-refractivity contribution in [1.29, 1.82) is 5.26 Å². The first kappa shape index (κ1) is 37.3. The number of aryl methyl sites for hydroxylation is 1. The molecule has 10 heteroatoms. The zero-order chi connectivity index (χ0) is 37.2. The number of nitriles is 1. The van der Waals surface area contributed by atoms with Gasteiger partial charge in [-0.1, -0.05) is 31.2 Å². The fourth-order valence-corrected chi connectivity index (χ4v) is 8.13. The molecule has 1 aromatic heterocycles. The molecule has 52 heavy (non-hydrogen) atoms. The van der Waals surface area contributed by atoms with Crippen molar-refractivity contribution in [3.05, 3.63) is 91.9 Å². The van der Waals surface area contributed by atoms with E-state index in [0.29, 0.717) is 26.3 Å². The summed E-state index contributed by atoms with van der Waals surface area (Å²) in [4.78, 5) is 33.0. The Hall–Kier alpha value is -4.43. The number of allylic oxidation sites excluding steroid dienone is 1. The number of amides is 1. The monoisotopic (exact) mass is 707 g/mol. The highest BCUT2D eigenvalue weighted by molar-refractivity contribution is 5.97. The van der Waals surface area contributed by atoms with Gasteiger partial charge in [-0.05, 0) is 85.4 Å². The van der Waals surface area contributed by atoms with Gasteiger partial charge in [0.15, 0.2) is 0 Å². The number of fused-ring (bicyclic) bond motifs is 1. The van der Waals surface area contributed by atoms with Gasteiger partial charge in [0.05, 0.1) is 25.8 Å². The number of carbonyl (C=O) groups excluding carboxylic acids is 1. The number of rotatable bonds is 9. The van der Waals surface area contributed by atoms with E-state index in [1.165, 1.54) is 16.7 Å². The van der Waals surface area contributed by atoms with E-state index in [1.807, 2.05) is 31.0 Å². The van der Waals surface area contributed by atoms with Crippen LogP contribution in [0.15, 0.2) is 53.0 Å². The SMILES string of the molecule is COc1cc(-c2cn(C)c(=O)c(C)c2C)cc(OC)c1CN1CCN(Cc2cccc3c2CCN(C(=O)/C(C#N)=C/C2(C)CCOCC2)C3C)CC1. The fourth-order valence-electron chi connectivity index (χ4n) is 8.13. The molecular weight excluding hydrogens is 654 g/mol. The van der Waals surface area contributed by atoms with Crippen LogP contribution < -0.4 is 15.0 Å². The summed E-state index contributed by atoms with van der Waals surface area (Å²) in [6.45, 7) is 15.2. The maximum absolute atomic E-state index is 13.7. The molecule has 2 aromatic carbocycles. The van der Waals surface area contributed by atoms with Gasteiger partial charge in [-0.25, -0.2) is 0 Å². The molecule has 10 nitrogen and oxygen atoms in total. The minimum absolute atomic E-state index is 0.00939. The highest BCUT2D eigenvalue weighted by Crippen LogP contribution is 2.38. The van der Waals surface area contributed by atoms with Crippen LogP contribution >= 0.6 is 0 Å². The van der Waals surface area contributed by atoms with Crippen LogP contribution in [-0.4, -0.2) is 85.3 Å². The highest BCUT2D eigenvalue weighted by atomic mass is 16.5. The predicted octanol–water partition coefficient (Wildman–Crippen LogP) is 5.72. The quantitative estimate of drug-likeness (QED) is 0.206. The van der Waals surface area contributed by atoms with Crippen molar-refractivity contribution in [2.75, 3.05) is 60.2 Å². The third-order valence-electron chi connectivity index (χ3n) is 11.7. The second kappa shape index (κ2) is 15.7. The van der Waals surface area contributed by atoms with E-state index in [2.05, 4.69) is 60.0 Å². The van der Waals surface area contributed by atoms with E-state index in [1.54, 1.807) is 25.8 Å². The van der Waals surface area contributed by atoms with Crippen molar-refractivity contribution in [3.63, 3.8) is 0 Å². The standard InChI is InChI=1S/C42H53N5O5/c1-28-29(2)40(48)44(5)26-36(28)32-21-38(50-6)37(39(22-32)51-7)27-46-17-15-45(16-18-46)25-31-9-8-10-34-30(3)47(14-11-35(31)34)41(49)33(24-43)23-42(4)12-19-52-20-13-42/h8-10,21-23,26,30H,11-20,25,27H2,1-7H3/b33-23+. The Bertz CT molecular complexity index is 1920. The Labute approximate surface area is 308 Å². The van der Waals surface area contributed by atoms with Crippen molar-refractivity contribution in [3.8, 4) is 28.7 Å². The molecule has 3 aromatic rings. The van der Waals surface area contributed by atoms with Crippen molar-refractivity contribution in [2.24, 2.45) is 12.5 Å². The molecule has 0 spiro atoms. The molecule has 6 rings (SSSR count). The van der Waals surface area contributed by atoms with Crippen LogP contribution in [0.25, 0.3) is 11.1 Å².